The first-order chi connectivity index (χ1) is 14.2. The third-order valence-corrected chi connectivity index (χ3v) is 3.88. The standard InChI is InChI=1S/C16H15F6N7O2/c1-6(15(18,19)5-31-14(24)25)10-7(17)2-3-9(28-10)29-13(30)11-12(23)27-8(4-26-11)16(20,21)22/h2-4,6H,5H2,1H3,(H2,23,27)(H3,24,25)(H,28,29,30)/t6-/m0/s1. The summed E-state index contributed by atoms with van der Waals surface area (Å²) in [6.07, 6.45) is -4.55. The van der Waals surface area contributed by atoms with Crippen molar-refractivity contribution in [1.82, 2.24) is 15.0 Å². The van der Waals surface area contributed by atoms with Crippen LogP contribution in [-0.2, 0) is 10.9 Å². The van der Waals surface area contributed by atoms with Crippen molar-refractivity contribution >= 4 is 23.6 Å². The van der Waals surface area contributed by atoms with E-state index in [1.54, 1.807) is 0 Å². The van der Waals surface area contributed by atoms with E-state index in [9.17, 15) is 31.1 Å². The Bertz CT molecular complexity index is 999. The van der Waals surface area contributed by atoms with E-state index in [-0.39, 0.29) is 6.20 Å². The van der Waals surface area contributed by atoms with Gasteiger partial charge in [-0.3, -0.25) is 10.2 Å². The highest BCUT2D eigenvalue weighted by Gasteiger charge is 2.41. The van der Waals surface area contributed by atoms with E-state index in [0.717, 1.165) is 19.1 Å². The summed E-state index contributed by atoms with van der Waals surface area (Å²) < 4.78 is 84.5. The maximum absolute atomic E-state index is 14.2. The smallest absolute Gasteiger partial charge is 0.434 e. The van der Waals surface area contributed by atoms with Crippen LogP contribution in [0.25, 0.3) is 0 Å². The third-order valence-electron chi connectivity index (χ3n) is 3.88. The summed E-state index contributed by atoms with van der Waals surface area (Å²) in [6.45, 7) is -0.390. The van der Waals surface area contributed by atoms with Gasteiger partial charge in [0.1, 0.15) is 11.6 Å². The summed E-state index contributed by atoms with van der Waals surface area (Å²) in [5.74, 6) is -9.07. The number of amidine groups is 1. The van der Waals surface area contributed by atoms with Crippen molar-refractivity contribution in [1.29, 1.82) is 5.41 Å². The number of hydrogen-bond acceptors (Lipinski definition) is 7. The Morgan fingerprint density at radius 1 is 1.26 bits per heavy atom. The molecule has 1 atom stereocenters. The Balaban J connectivity index is 2.26. The van der Waals surface area contributed by atoms with Gasteiger partial charge in [0.25, 0.3) is 17.9 Å². The van der Waals surface area contributed by atoms with Gasteiger partial charge in [-0.2, -0.15) is 13.2 Å². The molecular weight excluding hydrogens is 436 g/mol. The molecule has 2 rings (SSSR count). The van der Waals surface area contributed by atoms with Crippen LogP contribution in [0.2, 0.25) is 0 Å². The van der Waals surface area contributed by atoms with Gasteiger partial charge < -0.3 is 21.5 Å². The summed E-state index contributed by atoms with van der Waals surface area (Å²) in [4.78, 5) is 22.2. The molecule has 1 amide bonds. The highest BCUT2D eigenvalue weighted by atomic mass is 19.4. The van der Waals surface area contributed by atoms with Crippen molar-refractivity contribution in [3.63, 3.8) is 0 Å². The number of carbonyl (C=O) groups excluding carboxylic acids is 1. The van der Waals surface area contributed by atoms with E-state index < -0.39 is 71.1 Å². The van der Waals surface area contributed by atoms with Crippen molar-refractivity contribution in [3.05, 3.63) is 41.2 Å². The average Bonchev–Trinajstić information content (AvgIpc) is 2.66. The predicted molar refractivity (Wildman–Crippen MR) is 94.8 cm³/mol. The molecule has 0 saturated heterocycles. The van der Waals surface area contributed by atoms with Crippen molar-refractivity contribution in [2.75, 3.05) is 17.7 Å². The number of halogens is 6. The zero-order valence-electron chi connectivity index (χ0n) is 15.6. The highest BCUT2D eigenvalue weighted by Crippen LogP contribution is 2.34. The number of nitrogens with zero attached hydrogens (tertiary/aromatic N) is 3. The molecule has 31 heavy (non-hydrogen) atoms. The van der Waals surface area contributed by atoms with Crippen LogP contribution in [0.3, 0.4) is 0 Å². The van der Waals surface area contributed by atoms with Crippen molar-refractivity contribution < 1.29 is 35.9 Å². The van der Waals surface area contributed by atoms with E-state index in [0.29, 0.717) is 0 Å². The molecule has 0 spiro atoms. The van der Waals surface area contributed by atoms with Crippen LogP contribution in [0.15, 0.2) is 18.3 Å². The molecule has 168 valence electrons. The number of anilines is 2. The van der Waals surface area contributed by atoms with Crippen molar-refractivity contribution in [2.45, 2.75) is 24.9 Å². The second kappa shape index (κ2) is 8.61. The molecule has 6 N–H and O–H groups in total. The fraction of sp³-hybridized carbons (Fsp3) is 0.312. The number of carbonyl (C=O) groups is 1. The number of nitrogens with two attached hydrogens (primary N) is 2. The molecule has 0 saturated carbocycles. The lowest BCUT2D eigenvalue weighted by Gasteiger charge is -2.23. The molecular formula is C16H15F6N7O2. The van der Waals surface area contributed by atoms with Gasteiger partial charge >= 0.3 is 6.18 Å². The molecule has 2 aromatic rings. The van der Waals surface area contributed by atoms with E-state index in [2.05, 4.69) is 25.0 Å². The maximum Gasteiger partial charge on any atom is 0.434 e. The Morgan fingerprint density at radius 3 is 2.45 bits per heavy atom. The van der Waals surface area contributed by atoms with Gasteiger partial charge in [-0.1, -0.05) is 6.92 Å². The fourth-order valence-corrected chi connectivity index (χ4v) is 2.22. The van der Waals surface area contributed by atoms with E-state index in [1.807, 2.05) is 0 Å². The number of pyridine rings is 1. The zero-order chi connectivity index (χ0) is 23.6. The topological polar surface area (TPSA) is 153 Å². The second-order valence-corrected chi connectivity index (χ2v) is 6.14. The first-order valence-corrected chi connectivity index (χ1v) is 8.24. The molecule has 0 unspecified atom stereocenters. The van der Waals surface area contributed by atoms with Crippen LogP contribution in [0.4, 0.5) is 38.0 Å². The minimum absolute atomic E-state index is 0.284. The predicted octanol–water partition coefficient (Wildman–Crippen LogP) is 2.51. The second-order valence-electron chi connectivity index (χ2n) is 6.14. The molecule has 0 fully saturated rings. The number of amides is 1. The van der Waals surface area contributed by atoms with Crippen LogP contribution in [0.5, 0.6) is 0 Å². The largest absolute Gasteiger partial charge is 0.459 e. The lowest BCUT2D eigenvalue weighted by Crippen LogP contribution is -2.34. The first-order valence-electron chi connectivity index (χ1n) is 8.24. The quantitative estimate of drug-likeness (QED) is 0.299. The van der Waals surface area contributed by atoms with Gasteiger partial charge in [-0.05, 0) is 12.1 Å². The molecule has 0 aliphatic carbocycles. The minimum Gasteiger partial charge on any atom is -0.459 e. The third kappa shape index (κ3) is 5.70. The van der Waals surface area contributed by atoms with Crippen LogP contribution in [-0.4, -0.2) is 39.4 Å². The summed E-state index contributed by atoms with van der Waals surface area (Å²) >= 11 is 0. The number of nitrogen functional groups attached to an aromatic ring is 1. The maximum atomic E-state index is 14.2. The summed E-state index contributed by atoms with van der Waals surface area (Å²) in [6, 6.07) is 0.719. The molecule has 0 radical (unpaired) electrons. The lowest BCUT2D eigenvalue weighted by molar-refractivity contribution is -0.141. The Morgan fingerprint density at radius 2 is 1.90 bits per heavy atom. The van der Waals surface area contributed by atoms with Gasteiger partial charge in [0.15, 0.2) is 23.8 Å². The Kier molecular flexibility index (Phi) is 6.56. The first kappa shape index (κ1) is 23.6. The minimum atomic E-state index is -4.84. The zero-order valence-corrected chi connectivity index (χ0v) is 15.6. The molecule has 2 heterocycles. The fourth-order valence-electron chi connectivity index (χ4n) is 2.22. The monoisotopic (exact) mass is 451 g/mol. The van der Waals surface area contributed by atoms with Gasteiger partial charge in [0.05, 0.1) is 17.8 Å². The Labute approximate surface area is 170 Å². The normalized spacial score (nSPS) is 12.9. The summed E-state index contributed by atoms with van der Waals surface area (Å²) in [7, 11) is 0. The van der Waals surface area contributed by atoms with Gasteiger partial charge in [0, 0.05) is 0 Å². The van der Waals surface area contributed by atoms with Gasteiger partial charge in [0.2, 0.25) is 0 Å². The molecule has 0 aromatic carbocycles. The number of ether oxygens (including phenoxy) is 1. The van der Waals surface area contributed by atoms with E-state index in [4.69, 9.17) is 16.9 Å². The molecule has 9 nitrogen and oxygen atoms in total. The van der Waals surface area contributed by atoms with Crippen LogP contribution in [0, 0.1) is 11.2 Å². The number of aromatic nitrogens is 3. The number of rotatable bonds is 6. The van der Waals surface area contributed by atoms with Crippen molar-refractivity contribution in [2.24, 2.45) is 5.73 Å². The summed E-state index contributed by atoms with van der Waals surface area (Å²) in [5.41, 5.74) is 7.33. The average molecular weight is 451 g/mol. The summed E-state index contributed by atoms with van der Waals surface area (Å²) in [5, 5.41) is 8.89. The van der Waals surface area contributed by atoms with Crippen LogP contribution in [0.1, 0.15) is 34.7 Å². The van der Waals surface area contributed by atoms with E-state index >= 15 is 0 Å². The molecule has 15 heteroatoms. The molecule has 0 aliphatic rings. The Hall–Kier alpha value is -3.65. The van der Waals surface area contributed by atoms with Crippen LogP contribution < -0.4 is 16.8 Å². The molecule has 2 aromatic heterocycles. The molecule has 0 aliphatic heterocycles. The van der Waals surface area contributed by atoms with Crippen LogP contribution >= 0.6 is 0 Å². The van der Waals surface area contributed by atoms with E-state index in [1.165, 1.54) is 0 Å². The number of hydrogen-bond donors (Lipinski definition) is 4. The number of nitrogens with one attached hydrogen (secondary N) is 2. The van der Waals surface area contributed by atoms with Gasteiger partial charge in [-0.15, -0.1) is 0 Å². The number of alkyl halides is 5. The molecule has 0 bridgehead atoms. The lowest BCUT2D eigenvalue weighted by atomic mass is 9.99. The van der Waals surface area contributed by atoms with Crippen molar-refractivity contribution in [3.8, 4) is 0 Å². The highest BCUT2D eigenvalue weighted by molar-refractivity contribution is 6.05. The van der Waals surface area contributed by atoms with Gasteiger partial charge in [-0.25, -0.2) is 28.1 Å². The SMILES string of the molecule is C[C@@H](c1nc(NC(=O)c2ncc(C(F)(F)F)nc2N)ccc1F)C(F)(F)COC(=N)N.